The van der Waals surface area contributed by atoms with Crippen molar-refractivity contribution in [1.29, 1.82) is 0 Å². The molecule has 1 unspecified atom stereocenters. The highest BCUT2D eigenvalue weighted by molar-refractivity contribution is 5.58. The third kappa shape index (κ3) is 5.50. The Morgan fingerprint density at radius 2 is 2.06 bits per heavy atom. The van der Waals surface area contributed by atoms with Crippen LogP contribution in [0.15, 0.2) is 66.0 Å². The van der Waals surface area contributed by atoms with Gasteiger partial charge in [-0.25, -0.2) is 14.6 Å². The minimum absolute atomic E-state index is 0. The monoisotopic (exact) mass is 447 g/mol. The summed E-state index contributed by atoms with van der Waals surface area (Å²) in [5.41, 5.74) is 2.97. The highest BCUT2D eigenvalue weighted by Gasteiger charge is 2.16. The van der Waals surface area contributed by atoms with E-state index in [4.69, 9.17) is 4.74 Å². The summed E-state index contributed by atoms with van der Waals surface area (Å²) in [4.78, 5) is 21.6. The minimum atomic E-state index is -0.213. The Balaban J connectivity index is 0.00000306. The first-order chi connectivity index (χ1) is 15.5. The topological polar surface area (TPSA) is 99.7 Å². The Morgan fingerprint density at radius 1 is 1.21 bits per heavy atom. The quantitative estimate of drug-likeness (QED) is 0.414. The van der Waals surface area contributed by atoms with Crippen LogP contribution < -0.4 is 10.7 Å². The molecule has 3 heterocycles. The molecule has 0 aliphatic rings. The van der Waals surface area contributed by atoms with Crippen LogP contribution in [0.4, 0.5) is 5.82 Å². The molecule has 0 bridgehead atoms. The molecule has 0 radical (unpaired) electrons. The third-order valence-corrected chi connectivity index (χ3v) is 5.11. The lowest BCUT2D eigenvalue weighted by Crippen LogP contribution is -2.18. The van der Waals surface area contributed by atoms with Crippen molar-refractivity contribution < 1.29 is 4.74 Å². The van der Waals surface area contributed by atoms with Gasteiger partial charge in [0.25, 0.3) is 0 Å². The van der Waals surface area contributed by atoms with Gasteiger partial charge < -0.3 is 10.1 Å². The molecule has 0 aliphatic carbocycles. The molecule has 0 saturated heterocycles. The van der Waals surface area contributed by atoms with Crippen molar-refractivity contribution in [2.75, 3.05) is 25.6 Å². The predicted molar refractivity (Wildman–Crippen MR) is 129 cm³/mol. The van der Waals surface area contributed by atoms with Gasteiger partial charge >= 0.3 is 0 Å². The summed E-state index contributed by atoms with van der Waals surface area (Å²) < 4.78 is 8.43. The van der Waals surface area contributed by atoms with Crippen LogP contribution in [0.5, 0.6) is 0 Å². The largest absolute Gasteiger partial charge is 0.383 e. The van der Waals surface area contributed by atoms with Crippen molar-refractivity contribution in [3.8, 4) is 17.1 Å². The Morgan fingerprint density at radius 3 is 2.82 bits per heavy atom. The summed E-state index contributed by atoms with van der Waals surface area (Å²) in [6.07, 6.45) is 6.93. The lowest BCUT2D eigenvalue weighted by Gasteiger charge is -2.14. The van der Waals surface area contributed by atoms with Crippen molar-refractivity contribution in [1.82, 2.24) is 29.5 Å². The Labute approximate surface area is 193 Å². The van der Waals surface area contributed by atoms with Crippen molar-refractivity contribution in [2.45, 2.75) is 20.3 Å². The van der Waals surface area contributed by atoms with E-state index < -0.39 is 0 Å². The zero-order valence-electron chi connectivity index (χ0n) is 18.3. The van der Waals surface area contributed by atoms with Gasteiger partial charge in [0, 0.05) is 50.6 Å². The zero-order chi connectivity index (χ0) is 22.5. The van der Waals surface area contributed by atoms with Gasteiger partial charge in [0.2, 0.25) is 5.43 Å². The molecule has 9 nitrogen and oxygen atoms in total. The van der Waals surface area contributed by atoms with Crippen molar-refractivity contribution >= 4 is 5.82 Å². The number of nitrogens with zero attached hydrogens (tertiary/aromatic N) is 6. The van der Waals surface area contributed by atoms with Crippen LogP contribution in [0, 0.1) is 0 Å². The summed E-state index contributed by atoms with van der Waals surface area (Å²) in [6.45, 7) is 3.22. The molecule has 33 heavy (non-hydrogen) atoms. The number of rotatable bonds is 8. The Bertz CT molecular complexity index is 1270. The molecule has 0 amide bonds. The second kappa shape index (κ2) is 10.6. The molecule has 0 saturated carbocycles. The molecule has 0 spiro atoms. The number of benzene rings is 1. The van der Waals surface area contributed by atoms with Gasteiger partial charge in [0.1, 0.15) is 17.2 Å². The van der Waals surface area contributed by atoms with Crippen LogP contribution in [0.3, 0.4) is 0 Å². The standard InChI is InChI=1S/C23H25N7O2.CH4/c1-16(22-20(31)8-11-30(28-22)19-14-26-29(2)15-19)17-5-4-6-18(13-17)23-25-9-7-21(27-23)24-10-12-32-3;/h4-9,11,13-16H,10,12H2,1-3H3,(H,24,25,27);1H4. The average Bonchev–Trinajstić information content (AvgIpc) is 3.26. The fourth-order valence-corrected chi connectivity index (χ4v) is 3.38. The molecular weight excluding hydrogens is 418 g/mol. The molecule has 4 rings (SSSR count). The first kappa shape index (κ1) is 23.8. The van der Waals surface area contributed by atoms with Gasteiger partial charge in [-0.1, -0.05) is 32.5 Å². The van der Waals surface area contributed by atoms with Crippen LogP contribution in [-0.2, 0) is 11.8 Å². The van der Waals surface area contributed by atoms with Gasteiger partial charge in [0.05, 0.1) is 19.0 Å². The summed E-state index contributed by atoms with van der Waals surface area (Å²) in [7, 11) is 3.50. The lowest BCUT2D eigenvalue weighted by atomic mass is 9.95. The third-order valence-electron chi connectivity index (χ3n) is 5.11. The Hall–Kier alpha value is -3.85. The van der Waals surface area contributed by atoms with E-state index in [1.807, 2.05) is 50.5 Å². The molecule has 1 N–H and O–H groups in total. The normalized spacial score (nSPS) is 11.6. The van der Waals surface area contributed by atoms with E-state index in [-0.39, 0.29) is 18.8 Å². The van der Waals surface area contributed by atoms with E-state index >= 15 is 0 Å². The molecule has 0 fully saturated rings. The van der Waals surface area contributed by atoms with Gasteiger partial charge in [-0.05, 0) is 17.7 Å². The van der Waals surface area contributed by atoms with E-state index in [1.54, 1.807) is 35.1 Å². The van der Waals surface area contributed by atoms with Crippen molar-refractivity contribution in [2.24, 2.45) is 7.05 Å². The number of ether oxygens (including phenoxy) is 1. The predicted octanol–water partition coefficient (Wildman–Crippen LogP) is 3.27. The second-order valence-corrected chi connectivity index (χ2v) is 7.41. The molecule has 0 aliphatic heterocycles. The maximum atomic E-state index is 12.6. The fraction of sp³-hybridized carbons (Fsp3) is 0.292. The summed E-state index contributed by atoms with van der Waals surface area (Å²) in [6, 6.07) is 11.2. The maximum absolute atomic E-state index is 12.6. The summed E-state index contributed by atoms with van der Waals surface area (Å²) >= 11 is 0. The molecule has 4 aromatic rings. The smallest absolute Gasteiger partial charge is 0.203 e. The maximum Gasteiger partial charge on any atom is 0.203 e. The molecule has 172 valence electrons. The van der Waals surface area contributed by atoms with Gasteiger partial charge in [-0.3, -0.25) is 9.48 Å². The molecule has 9 heteroatoms. The number of hydrogen-bond donors (Lipinski definition) is 1. The van der Waals surface area contributed by atoms with E-state index in [1.165, 1.54) is 6.07 Å². The zero-order valence-corrected chi connectivity index (χ0v) is 18.3. The van der Waals surface area contributed by atoms with Crippen molar-refractivity contribution in [3.05, 3.63) is 82.7 Å². The van der Waals surface area contributed by atoms with Crippen LogP contribution in [0.1, 0.15) is 31.5 Å². The molecule has 1 atom stereocenters. The number of anilines is 1. The number of nitrogens with one attached hydrogen (secondary N) is 1. The molecular formula is C24H29N7O2. The van der Waals surface area contributed by atoms with Crippen LogP contribution in [0.2, 0.25) is 0 Å². The SMILES string of the molecule is C.COCCNc1ccnc(-c2cccc(C(C)c3nn(-c4cnn(C)c4)ccc3=O)c2)n1. The summed E-state index contributed by atoms with van der Waals surface area (Å²) in [5.74, 6) is 1.12. The lowest BCUT2D eigenvalue weighted by molar-refractivity contribution is 0.210. The first-order valence-corrected chi connectivity index (χ1v) is 10.3. The van der Waals surface area contributed by atoms with Crippen molar-refractivity contribution in [3.63, 3.8) is 0 Å². The summed E-state index contributed by atoms with van der Waals surface area (Å²) in [5, 5.41) is 12.0. The van der Waals surface area contributed by atoms with Crippen LogP contribution in [-0.4, -0.2) is 49.8 Å². The van der Waals surface area contributed by atoms with E-state index in [0.717, 1.165) is 22.6 Å². The first-order valence-electron chi connectivity index (χ1n) is 10.3. The number of aryl methyl sites for hydroxylation is 1. The molecule has 3 aromatic heterocycles. The number of methoxy groups -OCH3 is 1. The van der Waals surface area contributed by atoms with E-state index in [0.29, 0.717) is 24.7 Å². The van der Waals surface area contributed by atoms with E-state index in [9.17, 15) is 4.79 Å². The number of aromatic nitrogens is 6. The molecule has 1 aromatic carbocycles. The number of hydrogen-bond acceptors (Lipinski definition) is 7. The average molecular weight is 448 g/mol. The van der Waals surface area contributed by atoms with E-state index in [2.05, 4.69) is 25.5 Å². The Kier molecular flexibility index (Phi) is 7.68. The minimum Gasteiger partial charge on any atom is -0.383 e. The van der Waals surface area contributed by atoms with Crippen LogP contribution >= 0.6 is 0 Å². The van der Waals surface area contributed by atoms with Gasteiger partial charge in [0.15, 0.2) is 5.82 Å². The second-order valence-electron chi connectivity index (χ2n) is 7.41. The van der Waals surface area contributed by atoms with Crippen LogP contribution in [0.25, 0.3) is 17.1 Å². The van der Waals surface area contributed by atoms with Gasteiger partial charge in [-0.2, -0.15) is 10.2 Å². The van der Waals surface area contributed by atoms with Gasteiger partial charge in [-0.15, -0.1) is 0 Å². The highest BCUT2D eigenvalue weighted by Crippen LogP contribution is 2.25. The highest BCUT2D eigenvalue weighted by atomic mass is 16.5. The fourth-order valence-electron chi connectivity index (χ4n) is 3.38.